The van der Waals surface area contributed by atoms with Crippen LogP contribution >= 0.6 is 12.6 Å². The van der Waals surface area contributed by atoms with E-state index >= 15 is 0 Å². The molecule has 0 saturated carbocycles. The molecule has 2 heterocycles. The number of carbonyl (C=O) groups is 5. The third kappa shape index (κ3) is 5.48. The quantitative estimate of drug-likeness (QED) is 0.225. The molecule has 1 atom stereocenters. The van der Waals surface area contributed by atoms with E-state index in [4.69, 9.17) is 0 Å². The summed E-state index contributed by atoms with van der Waals surface area (Å²) >= 11 is 4.05. The first-order valence-electron chi connectivity index (χ1n) is 10.9. The molecule has 0 aliphatic carbocycles. The van der Waals surface area contributed by atoms with E-state index < -0.39 is 29.7 Å². The van der Waals surface area contributed by atoms with Crippen LogP contribution in [0.3, 0.4) is 0 Å². The van der Waals surface area contributed by atoms with E-state index in [1.807, 2.05) is 0 Å². The lowest BCUT2D eigenvalue weighted by Crippen LogP contribution is -2.54. The minimum Gasteiger partial charge on any atom is -0.384 e. The summed E-state index contributed by atoms with van der Waals surface area (Å²) in [6.07, 6.45) is 4.23. The van der Waals surface area contributed by atoms with Gasteiger partial charge in [-0.05, 0) is 31.4 Å². The van der Waals surface area contributed by atoms with Crippen LogP contribution in [0.2, 0.25) is 0 Å². The van der Waals surface area contributed by atoms with Crippen molar-refractivity contribution in [2.45, 2.75) is 51.0 Å². The maximum absolute atomic E-state index is 13.0. The molecule has 3 rings (SSSR count). The molecule has 10 heteroatoms. The van der Waals surface area contributed by atoms with Gasteiger partial charge >= 0.3 is 0 Å². The first-order chi connectivity index (χ1) is 15.4. The molecule has 9 nitrogen and oxygen atoms in total. The molecule has 1 fully saturated rings. The van der Waals surface area contributed by atoms with Crippen LogP contribution in [0.25, 0.3) is 0 Å². The van der Waals surface area contributed by atoms with Crippen molar-refractivity contribution in [3.63, 3.8) is 0 Å². The molecule has 1 unspecified atom stereocenters. The van der Waals surface area contributed by atoms with Crippen molar-refractivity contribution in [1.29, 1.82) is 0 Å². The predicted molar refractivity (Wildman–Crippen MR) is 122 cm³/mol. The average Bonchev–Trinajstić information content (AvgIpc) is 3.02. The van der Waals surface area contributed by atoms with Gasteiger partial charge in [-0.15, -0.1) is 0 Å². The molecule has 2 aliphatic heterocycles. The van der Waals surface area contributed by atoms with E-state index in [9.17, 15) is 24.0 Å². The lowest BCUT2D eigenvalue weighted by atomic mass is 10.0. The molecule has 0 bridgehead atoms. The molecule has 32 heavy (non-hydrogen) atoms. The van der Waals surface area contributed by atoms with E-state index in [0.717, 1.165) is 30.6 Å². The molecule has 1 aromatic carbocycles. The molecular formula is C22H28N4O5S. The second-order valence-electron chi connectivity index (χ2n) is 7.84. The molecule has 2 aliphatic rings. The smallest absolute Gasteiger partial charge is 0.264 e. The molecule has 1 aromatic rings. The predicted octanol–water partition coefficient (Wildman–Crippen LogP) is 1.50. The number of carbonyl (C=O) groups excluding carboxylic acids is 5. The lowest BCUT2D eigenvalue weighted by molar-refractivity contribution is -0.136. The third-order valence-corrected chi connectivity index (χ3v) is 5.77. The van der Waals surface area contributed by atoms with Gasteiger partial charge in [-0.3, -0.25) is 34.2 Å². The van der Waals surface area contributed by atoms with Gasteiger partial charge in [-0.2, -0.15) is 12.6 Å². The van der Waals surface area contributed by atoms with E-state index in [0.29, 0.717) is 31.0 Å². The van der Waals surface area contributed by atoms with Crippen molar-refractivity contribution in [2.24, 2.45) is 0 Å². The number of piperidine rings is 1. The van der Waals surface area contributed by atoms with Gasteiger partial charge in [0.05, 0.1) is 11.1 Å². The zero-order chi connectivity index (χ0) is 23.1. The summed E-state index contributed by atoms with van der Waals surface area (Å²) in [6.45, 7) is 1.19. The lowest BCUT2D eigenvalue weighted by Gasteiger charge is -2.27. The van der Waals surface area contributed by atoms with Crippen LogP contribution in [0.15, 0.2) is 18.2 Å². The van der Waals surface area contributed by atoms with Crippen molar-refractivity contribution in [1.82, 2.24) is 15.5 Å². The SMILES string of the molecule is O=C(CCCCCCNc1cccc2c1C(=O)N(C1CCC(=O)NC1=O)C2=O)NCCS. The number of benzene rings is 1. The summed E-state index contributed by atoms with van der Waals surface area (Å²) in [5.41, 5.74) is 1.08. The number of imide groups is 2. The summed E-state index contributed by atoms with van der Waals surface area (Å²) in [4.78, 5) is 62.0. The Morgan fingerprint density at radius 3 is 2.59 bits per heavy atom. The summed E-state index contributed by atoms with van der Waals surface area (Å²) in [7, 11) is 0. The topological polar surface area (TPSA) is 125 Å². The fourth-order valence-corrected chi connectivity index (χ4v) is 4.04. The van der Waals surface area contributed by atoms with Crippen LogP contribution in [0.5, 0.6) is 0 Å². The Bertz CT molecular complexity index is 920. The Morgan fingerprint density at radius 1 is 1.06 bits per heavy atom. The zero-order valence-corrected chi connectivity index (χ0v) is 18.7. The van der Waals surface area contributed by atoms with Crippen molar-refractivity contribution in [3.05, 3.63) is 29.3 Å². The number of fused-ring (bicyclic) bond motifs is 1. The highest BCUT2D eigenvalue weighted by atomic mass is 32.1. The number of unbranched alkanes of at least 4 members (excludes halogenated alkanes) is 3. The van der Waals surface area contributed by atoms with Crippen LogP contribution in [0, 0.1) is 0 Å². The highest BCUT2D eigenvalue weighted by Gasteiger charge is 2.45. The van der Waals surface area contributed by atoms with Gasteiger partial charge in [0.15, 0.2) is 0 Å². The summed E-state index contributed by atoms with van der Waals surface area (Å²) in [5, 5.41) is 8.21. The molecule has 1 saturated heterocycles. The first kappa shape index (κ1) is 23.8. The number of nitrogens with zero attached hydrogens (tertiary/aromatic N) is 1. The van der Waals surface area contributed by atoms with E-state index in [-0.39, 0.29) is 29.9 Å². The standard InChI is InChI=1S/C22H28N4O5S/c27-17(24-12-13-32)8-3-1-2-4-11-23-15-7-5-6-14-19(15)22(31)26(21(14)30)16-9-10-18(28)25-20(16)29/h5-7,16,23,32H,1-4,8-13H2,(H,24,27)(H,25,28,29). The van der Waals surface area contributed by atoms with E-state index in [2.05, 4.69) is 28.6 Å². The highest BCUT2D eigenvalue weighted by molar-refractivity contribution is 7.80. The van der Waals surface area contributed by atoms with Crippen LogP contribution in [0.4, 0.5) is 5.69 Å². The Labute approximate surface area is 192 Å². The Balaban J connectivity index is 1.51. The van der Waals surface area contributed by atoms with Crippen LogP contribution in [-0.2, 0) is 14.4 Å². The molecular weight excluding hydrogens is 432 g/mol. The molecule has 0 aromatic heterocycles. The van der Waals surface area contributed by atoms with E-state index in [1.54, 1.807) is 18.2 Å². The van der Waals surface area contributed by atoms with Crippen LogP contribution < -0.4 is 16.0 Å². The summed E-state index contributed by atoms with van der Waals surface area (Å²) in [5.74, 6) is -1.39. The number of amides is 5. The molecule has 5 amide bonds. The van der Waals surface area contributed by atoms with Crippen molar-refractivity contribution in [3.8, 4) is 0 Å². The number of nitrogens with one attached hydrogen (secondary N) is 3. The van der Waals surface area contributed by atoms with Gasteiger partial charge in [0.25, 0.3) is 11.8 Å². The van der Waals surface area contributed by atoms with Crippen LogP contribution in [0.1, 0.15) is 65.7 Å². The minimum absolute atomic E-state index is 0.0424. The van der Waals surface area contributed by atoms with Gasteiger partial charge in [0.2, 0.25) is 17.7 Å². The maximum Gasteiger partial charge on any atom is 0.264 e. The second kappa shape index (κ2) is 11.1. The highest BCUT2D eigenvalue weighted by Crippen LogP contribution is 2.32. The Kier molecular flexibility index (Phi) is 8.26. The summed E-state index contributed by atoms with van der Waals surface area (Å²) < 4.78 is 0. The Morgan fingerprint density at radius 2 is 1.84 bits per heavy atom. The average molecular weight is 461 g/mol. The number of thiol groups is 1. The number of rotatable bonds is 11. The Hall–Kier alpha value is -2.88. The monoisotopic (exact) mass is 460 g/mol. The maximum atomic E-state index is 13.0. The molecule has 0 spiro atoms. The van der Waals surface area contributed by atoms with Gasteiger partial charge in [0, 0.05) is 37.4 Å². The van der Waals surface area contributed by atoms with Crippen molar-refractivity contribution < 1.29 is 24.0 Å². The first-order valence-corrected chi connectivity index (χ1v) is 11.5. The third-order valence-electron chi connectivity index (χ3n) is 5.55. The van der Waals surface area contributed by atoms with E-state index in [1.165, 1.54) is 0 Å². The summed E-state index contributed by atoms with van der Waals surface area (Å²) in [6, 6.07) is 4.04. The number of anilines is 1. The fourth-order valence-electron chi connectivity index (χ4n) is 3.93. The largest absolute Gasteiger partial charge is 0.384 e. The van der Waals surface area contributed by atoms with Crippen molar-refractivity contribution in [2.75, 3.05) is 24.2 Å². The zero-order valence-electron chi connectivity index (χ0n) is 17.8. The number of hydrogen-bond donors (Lipinski definition) is 4. The fraction of sp³-hybridized carbons (Fsp3) is 0.500. The molecule has 3 N–H and O–H groups in total. The van der Waals surface area contributed by atoms with Gasteiger partial charge < -0.3 is 10.6 Å². The van der Waals surface area contributed by atoms with Gasteiger partial charge in [-0.25, -0.2) is 0 Å². The molecule has 0 radical (unpaired) electrons. The van der Waals surface area contributed by atoms with Crippen LogP contribution in [-0.4, -0.2) is 59.3 Å². The normalized spacial score (nSPS) is 17.9. The van der Waals surface area contributed by atoms with Gasteiger partial charge in [0.1, 0.15) is 6.04 Å². The van der Waals surface area contributed by atoms with Gasteiger partial charge in [-0.1, -0.05) is 18.9 Å². The minimum atomic E-state index is -0.974. The molecule has 172 valence electrons. The number of hydrogen-bond acceptors (Lipinski definition) is 7. The van der Waals surface area contributed by atoms with Crippen molar-refractivity contribution >= 4 is 47.9 Å². The second-order valence-corrected chi connectivity index (χ2v) is 8.29.